The number of ether oxygens (including phenoxy) is 4. The van der Waals surface area contributed by atoms with Crippen LogP contribution in [-0.2, 0) is 33.3 Å². The van der Waals surface area contributed by atoms with Crippen LogP contribution in [0.4, 0.5) is 0 Å². The number of unbranched alkanes of at least 4 members (excludes halogenated alkanes) is 42. The van der Waals surface area contributed by atoms with Gasteiger partial charge in [-0.3, -0.25) is 9.59 Å². The van der Waals surface area contributed by atoms with E-state index in [0.717, 1.165) is 89.9 Å². The molecule has 0 N–H and O–H groups in total. The van der Waals surface area contributed by atoms with E-state index in [-0.39, 0.29) is 32.2 Å². The van der Waals surface area contributed by atoms with Crippen molar-refractivity contribution in [3.05, 3.63) is 85.1 Å². The van der Waals surface area contributed by atoms with Crippen LogP contribution in [0.3, 0.4) is 0 Å². The maximum atomic E-state index is 13.0. The third kappa shape index (κ3) is 71.9. The van der Waals surface area contributed by atoms with Crippen molar-refractivity contribution in [2.24, 2.45) is 0 Å². The maximum Gasteiger partial charge on any atom is 0.306 e. The van der Waals surface area contributed by atoms with Crippen LogP contribution in [0.25, 0.3) is 0 Å². The lowest BCUT2D eigenvalue weighted by molar-refractivity contribution is -0.870. The third-order valence-corrected chi connectivity index (χ3v) is 16.9. The molecule has 0 heterocycles. The first kappa shape index (κ1) is 86.5. The lowest BCUT2D eigenvalue weighted by Crippen LogP contribution is -2.44. The molecule has 0 saturated carbocycles. The quantitative estimate of drug-likeness (QED) is 0.0195. The molecule has 522 valence electrons. The summed E-state index contributed by atoms with van der Waals surface area (Å²) < 4.78 is 22.8. The number of aliphatic carboxylic acids is 1. The second-order valence-corrected chi connectivity index (χ2v) is 26.9. The van der Waals surface area contributed by atoms with Gasteiger partial charge in [-0.2, -0.15) is 0 Å². The number of hydrogen-bond donors (Lipinski definition) is 0. The Hall–Kier alpha value is -3.53. The second kappa shape index (κ2) is 71.3. The van der Waals surface area contributed by atoms with E-state index >= 15 is 0 Å². The zero-order valence-electron chi connectivity index (χ0n) is 59.8. The van der Waals surface area contributed by atoms with E-state index in [1.165, 1.54) is 231 Å². The van der Waals surface area contributed by atoms with E-state index in [1.54, 1.807) is 0 Å². The van der Waals surface area contributed by atoms with Crippen molar-refractivity contribution in [3.63, 3.8) is 0 Å². The van der Waals surface area contributed by atoms with Gasteiger partial charge in [-0.15, -0.1) is 0 Å². The summed E-state index contributed by atoms with van der Waals surface area (Å²) in [6, 6.07) is 0. The fraction of sp³-hybridized carbons (Fsp3) is 0.790. The Kier molecular flexibility index (Phi) is 68.5. The van der Waals surface area contributed by atoms with Gasteiger partial charge in [0.15, 0.2) is 12.4 Å². The van der Waals surface area contributed by atoms with Crippen LogP contribution in [0.15, 0.2) is 85.1 Å². The molecule has 90 heavy (non-hydrogen) atoms. The highest BCUT2D eigenvalue weighted by Crippen LogP contribution is 2.19. The van der Waals surface area contributed by atoms with Crippen molar-refractivity contribution in [1.29, 1.82) is 0 Å². The van der Waals surface area contributed by atoms with Crippen molar-refractivity contribution in [2.45, 2.75) is 367 Å². The van der Waals surface area contributed by atoms with Gasteiger partial charge in [0.05, 0.1) is 40.3 Å². The molecule has 0 aromatic heterocycles. The minimum Gasteiger partial charge on any atom is -0.545 e. The minimum absolute atomic E-state index is 0.145. The molecule has 0 aromatic carbocycles. The van der Waals surface area contributed by atoms with Crippen molar-refractivity contribution < 1.29 is 42.9 Å². The summed E-state index contributed by atoms with van der Waals surface area (Å²) >= 11 is 0. The molecule has 0 spiro atoms. The molecule has 0 aromatic rings. The van der Waals surface area contributed by atoms with Gasteiger partial charge in [0.2, 0.25) is 0 Å². The number of likely N-dealkylation sites (N-methyl/N-ethyl adjacent to an activating group) is 1. The molecule has 2 unspecified atom stereocenters. The predicted molar refractivity (Wildman–Crippen MR) is 384 cm³/mol. The number of carbonyl (C=O) groups is 3. The molecule has 0 radical (unpaired) electrons. The normalized spacial score (nSPS) is 13.1. The van der Waals surface area contributed by atoms with Gasteiger partial charge in [0.1, 0.15) is 13.2 Å². The monoisotopic (exact) mass is 1260 g/mol. The van der Waals surface area contributed by atoms with E-state index in [2.05, 4.69) is 98.9 Å². The first-order chi connectivity index (χ1) is 44.1. The number of quaternary nitrogens is 1. The van der Waals surface area contributed by atoms with E-state index in [9.17, 15) is 19.5 Å². The summed E-state index contributed by atoms with van der Waals surface area (Å²) in [6.07, 6.45) is 94.1. The number of hydrogen-bond acceptors (Lipinski definition) is 8. The average Bonchev–Trinajstić information content (AvgIpc) is 3.63. The molecule has 2 atom stereocenters. The molecule has 0 amide bonds. The van der Waals surface area contributed by atoms with Crippen LogP contribution >= 0.6 is 0 Å². The van der Waals surface area contributed by atoms with Crippen LogP contribution in [0, 0.1) is 0 Å². The topological polar surface area (TPSA) is 111 Å². The molecule has 0 fully saturated rings. The zero-order chi connectivity index (χ0) is 65.4. The molecule has 9 heteroatoms. The van der Waals surface area contributed by atoms with Crippen molar-refractivity contribution >= 4 is 17.9 Å². The lowest BCUT2D eigenvalue weighted by Gasteiger charge is -2.26. The number of rotatable bonds is 71. The van der Waals surface area contributed by atoms with Gasteiger partial charge < -0.3 is 33.3 Å². The second-order valence-electron chi connectivity index (χ2n) is 26.9. The van der Waals surface area contributed by atoms with Gasteiger partial charge in [0, 0.05) is 12.8 Å². The molecule has 9 nitrogen and oxygen atoms in total. The zero-order valence-corrected chi connectivity index (χ0v) is 59.8. The van der Waals surface area contributed by atoms with E-state index in [4.69, 9.17) is 18.9 Å². The van der Waals surface area contributed by atoms with E-state index in [1.807, 2.05) is 21.1 Å². The van der Waals surface area contributed by atoms with Gasteiger partial charge >= 0.3 is 11.9 Å². The molecule has 0 aliphatic rings. The van der Waals surface area contributed by atoms with Crippen molar-refractivity contribution in [2.75, 3.05) is 47.5 Å². The Morgan fingerprint density at radius 1 is 0.344 bits per heavy atom. The SMILES string of the molecule is CC/C=C\C/C=C\C/C=C\C/C=C\C/C=C\C/C=C\C/C=C\CCCCCCCCCCCC(=O)OC(COC(=O)CCCCCCCCCCCCCCCCCCCCCCCCCCCCCCCCCCCC)COC(OCC[N+](C)(C)C)C(=O)[O-]. The van der Waals surface area contributed by atoms with Crippen LogP contribution in [0.2, 0.25) is 0 Å². The molecule has 0 rings (SSSR count). The standard InChI is InChI=1S/C81H145NO8/c1-6-8-10-12-14-16-18-20-22-24-26-28-30-32-34-36-38-39-40-42-43-45-47-49-51-53-55-57-59-61-63-65-67-69-71-78(83)88-75-77(76-89-81(80(85)86)87-74-73-82(3,4)5)90-79(84)72-70-68-66-64-62-60-58-56-54-52-50-48-46-44-41-37-35-33-31-29-27-25-23-21-19-17-15-13-11-9-7-2/h9,11,15,17,21,23,27,29,33,35,41,44,48,50,77,81H,6-8,10,12-14,16,18-20,22,24-26,28,30-32,34,36-40,42-43,45-47,49,51-76H2,1-5H3/b11-9-,17-15-,23-21-,29-27-,35-33-,44-41-,50-48-. The first-order valence-electron chi connectivity index (χ1n) is 38.2. The van der Waals surface area contributed by atoms with Gasteiger partial charge in [-0.1, -0.05) is 356 Å². The minimum atomic E-state index is -1.63. The Balaban J connectivity index is 4.06. The summed E-state index contributed by atoms with van der Waals surface area (Å²) in [7, 11) is 5.94. The molecular weight excluding hydrogens is 1110 g/mol. The molecule has 0 saturated heterocycles. The highest BCUT2D eigenvalue weighted by atomic mass is 16.7. The highest BCUT2D eigenvalue weighted by molar-refractivity contribution is 5.70. The number of allylic oxidation sites excluding steroid dienone is 14. The Morgan fingerprint density at radius 2 is 0.633 bits per heavy atom. The number of carboxylic acids is 1. The fourth-order valence-electron chi connectivity index (χ4n) is 11.1. The molecule has 0 bridgehead atoms. The van der Waals surface area contributed by atoms with Crippen LogP contribution in [-0.4, -0.2) is 82.3 Å². The summed E-state index contributed by atoms with van der Waals surface area (Å²) in [5.74, 6) is -2.28. The highest BCUT2D eigenvalue weighted by Gasteiger charge is 2.22. The summed E-state index contributed by atoms with van der Waals surface area (Å²) in [5.41, 5.74) is 0. The summed E-state index contributed by atoms with van der Waals surface area (Å²) in [4.78, 5) is 37.6. The van der Waals surface area contributed by atoms with Crippen LogP contribution in [0.5, 0.6) is 0 Å². The Labute approximate surface area is 557 Å². The number of esters is 2. The Bertz CT molecular complexity index is 1760. The molecule has 0 aliphatic carbocycles. The Morgan fingerprint density at radius 3 is 0.944 bits per heavy atom. The van der Waals surface area contributed by atoms with Crippen LogP contribution < -0.4 is 5.11 Å². The summed E-state index contributed by atoms with van der Waals surface area (Å²) in [5, 5.41) is 11.8. The first-order valence-corrected chi connectivity index (χ1v) is 38.2. The van der Waals surface area contributed by atoms with Gasteiger partial charge in [-0.25, -0.2) is 0 Å². The maximum absolute atomic E-state index is 13.0. The fourth-order valence-corrected chi connectivity index (χ4v) is 11.1. The third-order valence-electron chi connectivity index (χ3n) is 16.9. The van der Waals surface area contributed by atoms with E-state index in [0.29, 0.717) is 23.9 Å². The molecular formula is C81H145NO8. The van der Waals surface area contributed by atoms with Gasteiger partial charge in [0.25, 0.3) is 0 Å². The van der Waals surface area contributed by atoms with Crippen LogP contribution in [0.1, 0.15) is 354 Å². The predicted octanol–water partition coefficient (Wildman–Crippen LogP) is 22.9. The van der Waals surface area contributed by atoms with Crippen molar-refractivity contribution in [3.8, 4) is 0 Å². The lowest BCUT2D eigenvalue weighted by atomic mass is 10.0. The number of nitrogens with zero attached hydrogens (tertiary/aromatic N) is 1. The summed E-state index contributed by atoms with van der Waals surface area (Å²) in [6.45, 7) is 4.68. The van der Waals surface area contributed by atoms with Gasteiger partial charge in [-0.05, 0) is 70.6 Å². The largest absolute Gasteiger partial charge is 0.545 e. The number of carboxylic acid groups (broad SMARTS) is 1. The smallest absolute Gasteiger partial charge is 0.306 e. The molecule has 0 aliphatic heterocycles. The number of carbonyl (C=O) groups excluding carboxylic acids is 3. The average molecular weight is 1260 g/mol. The van der Waals surface area contributed by atoms with Crippen molar-refractivity contribution in [1.82, 2.24) is 0 Å². The van der Waals surface area contributed by atoms with E-state index < -0.39 is 24.3 Å².